The molecule has 1 unspecified atom stereocenters. The second kappa shape index (κ2) is 5.38. The van der Waals surface area contributed by atoms with Gasteiger partial charge >= 0.3 is 0 Å². The molecule has 19 heavy (non-hydrogen) atoms. The smallest absolute Gasteiger partial charge is 0.185 e. The maximum atomic E-state index is 13.5. The van der Waals surface area contributed by atoms with Gasteiger partial charge < -0.3 is 5.32 Å². The molecule has 2 aromatic rings. The summed E-state index contributed by atoms with van der Waals surface area (Å²) in [6.45, 7) is 1.60. The minimum Gasteiger partial charge on any atom is -0.373 e. The number of hydrogen-bond donors (Lipinski definition) is 1. The Balaban J connectivity index is 2.33. The molecule has 0 amide bonds. The van der Waals surface area contributed by atoms with E-state index >= 15 is 0 Å². The minimum atomic E-state index is -1.45. The molecule has 0 aliphatic heterocycles. The van der Waals surface area contributed by atoms with Crippen LogP contribution < -0.4 is 5.32 Å². The number of benzene rings is 1. The maximum Gasteiger partial charge on any atom is 0.185 e. The first-order chi connectivity index (χ1) is 8.90. The van der Waals surface area contributed by atoms with Crippen LogP contribution in [0.2, 0.25) is 4.34 Å². The molecule has 1 atom stereocenters. The SMILES string of the molecule is CC(Nc1c(F)c(F)cc(F)c1F)c1ccc(Cl)s1. The standard InChI is InChI=1S/C12H8ClF4NS/c1-5(8-2-3-9(13)19-8)18-12-10(16)6(14)4-7(15)11(12)17/h2-5,18H,1H3. The Bertz CT molecular complexity index is 588. The van der Waals surface area contributed by atoms with Gasteiger partial charge in [-0.15, -0.1) is 11.3 Å². The van der Waals surface area contributed by atoms with Gasteiger partial charge in [0.2, 0.25) is 0 Å². The molecule has 0 saturated carbocycles. The molecule has 0 aliphatic rings. The van der Waals surface area contributed by atoms with E-state index in [9.17, 15) is 17.6 Å². The monoisotopic (exact) mass is 309 g/mol. The van der Waals surface area contributed by atoms with Gasteiger partial charge in [-0.1, -0.05) is 11.6 Å². The van der Waals surface area contributed by atoms with Gasteiger partial charge in [0, 0.05) is 10.9 Å². The molecule has 1 aromatic carbocycles. The van der Waals surface area contributed by atoms with E-state index in [0.29, 0.717) is 9.21 Å². The predicted molar refractivity (Wildman–Crippen MR) is 67.6 cm³/mol. The van der Waals surface area contributed by atoms with Gasteiger partial charge in [-0.05, 0) is 19.1 Å². The molecule has 7 heteroatoms. The number of hydrogen-bond acceptors (Lipinski definition) is 2. The van der Waals surface area contributed by atoms with Gasteiger partial charge in [0.1, 0.15) is 5.69 Å². The Kier molecular flexibility index (Phi) is 4.01. The first kappa shape index (κ1) is 14.1. The summed E-state index contributed by atoms with van der Waals surface area (Å²) in [5, 5.41) is 2.41. The Morgan fingerprint density at radius 3 is 2.16 bits per heavy atom. The third-order valence-electron chi connectivity index (χ3n) is 2.49. The predicted octanol–water partition coefficient (Wildman–Crippen LogP) is 5.13. The van der Waals surface area contributed by atoms with Crippen LogP contribution in [0.15, 0.2) is 18.2 Å². The van der Waals surface area contributed by atoms with Crippen molar-refractivity contribution in [2.24, 2.45) is 0 Å². The molecular formula is C12H8ClF4NS. The normalized spacial score (nSPS) is 12.5. The maximum absolute atomic E-state index is 13.5. The summed E-state index contributed by atoms with van der Waals surface area (Å²) in [6, 6.07) is 2.92. The van der Waals surface area contributed by atoms with Gasteiger partial charge in [-0.25, -0.2) is 17.6 Å². The van der Waals surface area contributed by atoms with Crippen molar-refractivity contribution in [2.45, 2.75) is 13.0 Å². The van der Waals surface area contributed by atoms with Crippen molar-refractivity contribution in [1.82, 2.24) is 0 Å². The van der Waals surface area contributed by atoms with E-state index in [1.807, 2.05) is 0 Å². The second-order valence-corrected chi connectivity index (χ2v) is 5.60. The summed E-state index contributed by atoms with van der Waals surface area (Å²) in [4.78, 5) is 0.688. The second-order valence-electron chi connectivity index (χ2n) is 3.85. The first-order valence-electron chi connectivity index (χ1n) is 5.25. The van der Waals surface area contributed by atoms with Crippen molar-refractivity contribution in [1.29, 1.82) is 0 Å². The number of nitrogens with one attached hydrogen (secondary N) is 1. The van der Waals surface area contributed by atoms with Gasteiger partial charge in [-0.3, -0.25) is 0 Å². The summed E-state index contributed by atoms with van der Waals surface area (Å²) >= 11 is 6.95. The zero-order valence-corrected chi connectivity index (χ0v) is 11.2. The summed E-state index contributed by atoms with van der Waals surface area (Å²) in [5.41, 5.74) is -0.825. The Morgan fingerprint density at radius 1 is 1.11 bits per heavy atom. The quantitative estimate of drug-likeness (QED) is 0.612. The van der Waals surface area contributed by atoms with E-state index in [1.165, 1.54) is 11.3 Å². The zero-order chi connectivity index (χ0) is 14.2. The Morgan fingerprint density at radius 2 is 1.68 bits per heavy atom. The average Bonchev–Trinajstić information content (AvgIpc) is 2.79. The topological polar surface area (TPSA) is 12.0 Å². The number of rotatable bonds is 3. The van der Waals surface area contributed by atoms with Crippen LogP contribution in [0.25, 0.3) is 0 Å². The Labute approximate surface area is 115 Å². The molecule has 1 aromatic heterocycles. The average molecular weight is 310 g/mol. The van der Waals surface area contributed by atoms with Crippen molar-refractivity contribution < 1.29 is 17.6 Å². The molecule has 0 aliphatic carbocycles. The lowest BCUT2D eigenvalue weighted by Crippen LogP contribution is -2.10. The van der Waals surface area contributed by atoms with Crippen LogP contribution >= 0.6 is 22.9 Å². The minimum absolute atomic E-state index is 0.169. The molecule has 1 N–H and O–H groups in total. The summed E-state index contributed by atoms with van der Waals surface area (Å²) in [5.74, 6) is -5.79. The molecule has 0 fully saturated rings. The molecule has 0 radical (unpaired) electrons. The van der Waals surface area contributed by atoms with Crippen LogP contribution in [-0.4, -0.2) is 0 Å². The largest absolute Gasteiger partial charge is 0.373 e. The van der Waals surface area contributed by atoms with Crippen molar-refractivity contribution in [3.63, 3.8) is 0 Å². The van der Waals surface area contributed by atoms with Gasteiger partial charge in [0.05, 0.1) is 10.4 Å². The van der Waals surface area contributed by atoms with Crippen molar-refractivity contribution in [3.05, 3.63) is 50.7 Å². The number of halogens is 5. The van der Waals surface area contributed by atoms with Crippen LogP contribution in [-0.2, 0) is 0 Å². The van der Waals surface area contributed by atoms with Gasteiger partial charge in [0.25, 0.3) is 0 Å². The molecule has 1 heterocycles. The molecule has 0 spiro atoms. The van der Waals surface area contributed by atoms with E-state index in [0.717, 1.165) is 0 Å². The fraction of sp³-hybridized carbons (Fsp3) is 0.167. The van der Waals surface area contributed by atoms with Crippen molar-refractivity contribution in [2.75, 3.05) is 5.32 Å². The Hall–Kier alpha value is -1.27. The van der Waals surface area contributed by atoms with E-state index in [1.54, 1.807) is 19.1 Å². The van der Waals surface area contributed by atoms with Crippen LogP contribution in [0.5, 0.6) is 0 Å². The highest BCUT2D eigenvalue weighted by Crippen LogP contribution is 2.31. The van der Waals surface area contributed by atoms with Crippen LogP contribution in [0, 0.1) is 23.3 Å². The van der Waals surface area contributed by atoms with Gasteiger partial charge in [-0.2, -0.15) is 0 Å². The van der Waals surface area contributed by atoms with E-state index in [2.05, 4.69) is 5.32 Å². The summed E-state index contributed by atoms with van der Waals surface area (Å²) < 4.78 is 53.5. The third kappa shape index (κ3) is 2.84. The lowest BCUT2D eigenvalue weighted by molar-refractivity contribution is 0.457. The summed E-state index contributed by atoms with van der Waals surface area (Å²) in [6.07, 6.45) is 0. The van der Waals surface area contributed by atoms with E-state index in [-0.39, 0.29) is 6.07 Å². The molecule has 0 bridgehead atoms. The van der Waals surface area contributed by atoms with Crippen molar-refractivity contribution >= 4 is 28.6 Å². The van der Waals surface area contributed by atoms with Crippen molar-refractivity contribution in [3.8, 4) is 0 Å². The number of thiophene rings is 1. The lowest BCUT2D eigenvalue weighted by Gasteiger charge is -2.15. The molecule has 2 rings (SSSR count). The highest BCUT2D eigenvalue weighted by Gasteiger charge is 2.21. The third-order valence-corrected chi connectivity index (χ3v) is 3.91. The van der Waals surface area contributed by atoms with Crippen LogP contribution in [0.1, 0.15) is 17.8 Å². The molecule has 102 valence electrons. The van der Waals surface area contributed by atoms with E-state index < -0.39 is 35.0 Å². The van der Waals surface area contributed by atoms with E-state index in [4.69, 9.17) is 11.6 Å². The molecular weight excluding hydrogens is 302 g/mol. The highest BCUT2D eigenvalue weighted by molar-refractivity contribution is 7.16. The molecule has 0 saturated heterocycles. The highest BCUT2D eigenvalue weighted by atomic mass is 35.5. The first-order valence-corrected chi connectivity index (χ1v) is 6.44. The summed E-state index contributed by atoms with van der Waals surface area (Å²) in [7, 11) is 0. The van der Waals surface area contributed by atoms with Crippen LogP contribution in [0.3, 0.4) is 0 Å². The van der Waals surface area contributed by atoms with Gasteiger partial charge in [0.15, 0.2) is 23.3 Å². The fourth-order valence-electron chi connectivity index (χ4n) is 1.55. The fourth-order valence-corrected chi connectivity index (χ4v) is 2.61. The molecule has 1 nitrogen and oxygen atoms in total. The number of anilines is 1. The lowest BCUT2D eigenvalue weighted by atomic mass is 10.2. The zero-order valence-electron chi connectivity index (χ0n) is 9.61. The van der Waals surface area contributed by atoms with Crippen LogP contribution in [0.4, 0.5) is 23.2 Å².